The van der Waals surface area contributed by atoms with Crippen molar-refractivity contribution in [2.24, 2.45) is 5.92 Å². The lowest BCUT2D eigenvalue weighted by atomic mass is 10.2. The van der Waals surface area contributed by atoms with Crippen LogP contribution in [0.4, 0.5) is 0 Å². The van der Waals surface area contributed by atoms with Gasteiger partial charge in [0, 0.05) is 25.4 Å². The zero-order chi connectivity index (χ0) is 11.1. The van der Waals surface area contributed by atoms with Crippen LogP contribution in [0.15, 0.2) is 0 Å². The molecule has 0 aliphatic rings. The van der Waals surface area contributed by atoms with Crippen molar-refractivity contribution in [3.05, 3.63) is 0 Å². The van der Waals surface area contributed by atoms with Crippen LogP contribution in [0.2, 0.25) is 0 Å². The van der Waals surface area contributed by atoms with Gasteiger partial charge >= 0.3 is 0 Å². The number of hydrogen-bond acceptors (Lipinski definition) is 2. The Balaban J connectivity index is 3.86. The third kappa shape index (κ3) is 5.70. The predicted molar refractivity (Wildman–Crippen MR) is 71.0 cm³/mol. The molecule has 2 nitrogen and oxygen atoms in total. The van der Waals surface area contributed by atoms with E-state index < -0.39 is 0 Å². The van der Waals surface area contributed by atoms with Crippen LogP contribution in [0.3, 0.4) is 0 Å². The van der Waals surface area contributed by atoms with Crippen molar-refractivity contribution in [3.63, 3.8) is 0 Å². The second-order valence-electron chi connectivity index (χ2n) is 4.00. The molecule has 0 aromatic rings. The summed E-state index contributed by atoms with van der Waals surface area (Å²) in [5, 5.41) is 4.13. The highest BCUT2D eigenvalue weighted by Gasteiger charge is 2.11. The summed E-state index contributed by atoms with van der Waals surface area (Å²) in [6.07, 6.45) is 2.12. The van der Waals surface area contributed by atoms with Crippen molar-refractivity contribution < 1.29 is 0 Å². The summed E-state index contributed by atoms with van der Waals surface area (Å²) in [5.41, 5.74) is 0. The minimum atomic E-state index is 0.497. The van der Waals surface area contributed by atoms with Crippen molar-refractivity contribution >= 4 is 29.1 Å². The molecule has 0 aliphatic carbocycles. The van der Waals surface area contributed by atoms with Gasteiger partial charge in [-0.3, -0.25) is 0 Å². The van der Waals surface area contributed by atoms with Gasteiger partial charge in [0.15, 0.2) is 5.11 Å². The van der Waals surface area contributed by atoms with E-state index in [1.807, 2.05) is 11.8 Å². The van der Waals surface area contributed by atoms with Gasteiger partial charge in [-0.2, -0.15) is 11.8 Å². The fourth-order valence-electron chi connectivity index (χ4n) is 0.969. The fraction of sp³-hybridized carbons (Fsp3) is 0.900. The molecule has 0 aliphatic heterocycles. The molecule has 0 aromatic carbocycles. The molecule has 14 heavy (non-hydrogen) atoms. The van der Waals surface area contributed by atoms with Crippen molar-refractivity contribution in [2.75, 3.05) is 25.6 Å². The maximum Gasteiger partial charge on any atom is 0.168 e. The molecule has 0 heterocycles. The van der Waals surface area contributed by atoms with Crippen LogP contribution in [0.1, 0.15) is 20.8 Å². The number of rotatable bonds is 5. The average molecular weight is 234 g/mol. The molecule has 0 bridgehead atoms. The average Bonchev–Trinajstić information content (AvgIpc) is 2.13. The Kier molecular flexibility index (Phi) is 7.37. The van der Waals surface area contributed by atoms with E-state index in [0.29, 0.717) is 12.0 Å². The van der Waals surface area contributed by atoms with Crippen molar-refractivity contribution in [2.45, 2.75) is 26.8 Å². The van der Waals surface area contributed by atoms with E-state index in [1.54, 1.807) is 0 Å². The molecule has 0 aromatic heterocycles. The Bertz CT molecular complexity index is 172. The Morgan fingerprint density at radius 3 is 2.43 bits per heavy atom. The monoisotopic (exact) mass is 234 g/mol. The van der Waals surface area contributed by atoms with E-state index >= 15 is 0 Å². The smallest absolute Gasteiger partial charge is 0.168 e. The minimum Gasteiger partial charge on any atom is -0.362 e. The predicted octanol–water partition coefficient (Wildman–Crippen LogP) is 2.20. The Labute approximate surface area is 97.8 Å². The number of nitrogens with one attached hydrogen (secondary N) is 1. The number of thioether (sulfide) groups is 1. The molecule has 0 saturated heterocycles. The van der Waals surface area contributed by atoms with Gasteiger partial charge in [0.1, 0.15) is 0 Å². The third-order valence-corrected chi connectivity index (χ3v) is 3.30. The van der Waals surface area contributed by atoms with Gasteiger partial charge in [0.2, 0.25) is 0 Å². The molecule has 1 N–H and O–H groups in total. The van der Waals surface area contributed by atoms with E-state index in [1.165, 1.54) is 0 Å². The van der Waals surface area contributed by atoms with E-state index in [9.17, 15) is 0 Å². The molecule has 0 saturated carbocycles. The molecule has 0 spiro atoms. The quantitative estimate of drug-likeness (QED) is 0.733. The molecule has 0 amide bonds. The van der Waals surface area contributed by atoms with Crippen LogP contribution in [0.25, 0.3) is 0 Å². The summed E-state index contributed by atoms with van der Waals surface area (Å²) in [6, 6.07) is 0.497. The molecule has 1 atom stereocenters. The Hall–Kier alpha value is 0.0400. The summed E-state index contributed by atoms with van der Waals surface area (Å²) < 4.78 is 0. The van der Waals surface area contributed by atoms with Crippen LogP contribution < -0.4 is 5.32 Å². The zero-order valence-corrected chi connectivity index (χ0v) is 11.5. The maximum atomic E-state index is 5.29. The lowest BCUT2D eigenvalue weighted by molar-refractivity contribution is 0.412. The van der Waals surface area contributed by atoms with Crippen molar-refractivity contribution in [3.8, 4) is 0 Å². The summed E-state index contributed by atoms with van der Waals surface area (Å²) in [6.45, 7) is 7.51. The van der Waals surface area contributed by atoms with Gasteiger partial charge in [0.05, 0.1) is 0 Å². The van der Waals surface area contributed by atoms with Crippen LogP contribution in [0.5, 0.6) is 0 Å². The first-order valence-corrected chi connectivity index (χ1v) is 6.78. The van der Waals surface area contributed by atoms with Crippen LogP contribution in [-0.4, -0.2) is 41.7 Å². The molecule has 0 rings (SSSR count). The number of thiocarbonyl (C=S) groups is 1. The Morgan fingerprint density at radius 2 is 2.00 bits per heavy atom. The van der Waals surface area contributed by atoms with Crippen LogP contribution in [0, 0.1) is 5.92 Å². The third-order valence-electron chi connectivity index (χ3n) is 2.05. The standard InChI is InChI=1S/C10H22N2S2/c1-8(2)6-11-10(13)12(4)9(3)7-14-5/h8-9H,6-7H2,1-5H3,(H,11,13). The summed E-state index contributed by atoms with van der Waals surface area (Å²) in [5.74, 6) is 1.75. The SMILES string of the molecule is CSCC(C)N(C)C(=S)NCC(C)C. The largest absolute Gasteiger partial charge is 0.362 e. The van der Waals surface area contributed by atoms with Crippen LogP contribution >= 0.6 is 24.0 Å². The van der Waals surface area contributed by atoms with E-state index in [2.05, 4.69) is 44.3 Å². The summed E-state index contributed by atoms with van der Waals surface area (Å²) in [7, 11) is 2.05. The van der Waals surface area contributed by atoms with E-state index in [4.69, 9.17) is 12.2 Å². The number of nitrogens with zero attached hydrogens (tertiary/aromatic N) is 1. The second kappa shape index (κ2) is 7.35. The van der Waals surface area contributed by atoms with Gasteiger partial charge in [-0.1, -0.05) is 13.8 Å². The number of hydrogen-bond donors (Lipinski definition) is 1. The molecule has 1 unspecified atom stereocenters. The van der Waals surface area contributed by atoms with Crippen molar-refractivity contribution in [1.82, 2.24) is 10.2 Å². The molecule has 84 valence electrons. The zero-order valence-electron chi connectivity index (χ0n) is 9.83. The van der Waals surface area contributed by atoms with E-state index in [0.717, 1.165) is 17.4 Å². The van der Waals surface area contributed by atoms with Crippen molar-refractivity contribution in [1.29, 1.82) is 0 Å². The van der Waals surface area contributed by atoms with Gasteiger partial charge in [-0.05, 0) is 31.3 Å². The topological polar surface area (TPSA) is 15.3 Å². The highest BCUT2D eigenvalue weighted by molar-refractivity contribution is 7.98. The first kappa shape index (κ1) is 14.0. The first-order chi connectivity index (χ1) is 6.49. The van der Waals surface area contributed by atoms with Crippen LogP contribution in [-0.2, 0) is 0 Å². The second-order valence-corrected chi connectivity index (χ2v) is 5.29. The molecular formula is C10H22N2S2. The molecular weight excluding hydrogens is 212 g/mol. The maximum absolute atomic E-state index is 5.29. The Morgan fingerprint density at radius 1 is 1.43 bits per heavy atom. The molecule has 0 radical (unpaired) electrons. The lowest BCUT2D eigenvalue weighted by Crippen LogP contribution is -2.44. The molecule has 4 heteroatoms. The summed E-state index contributed by atoms with van der Waals surface area (Å²) in [4.78, 5) is 2.13. The normalized spacial score (nSPS) is 12.7. The van der Waals surface area contributed by atoms with Gasteiger partial charge in [-0.15, -0.1) is 0 Å². The summed E-state index contributed by atoms with van der Waals surface area (Å²) >= 11 is 7.14. The lowest BCUT2D eigenvalue weighted by Gasteiger charge is -2.27. The first-order valence-electron chi connectivity index (χ1n) is 4.98. The fourth-order valence-corrected chi connectivity index (χ4v) is 1.94. The highest BCUT2D eigenvalue weighted by atomic mass is 32.2. The molecule has 0 fully saturated rings. The van der Waals surface area contributed by atoms with Gasteiger partial charge < -0.3 is 10.2 Å². The van der Waals surface area contributed by atoms with E-state index in [-0.39, 0.29) is 0 Å². The minimum absolute atomic E-state index is 0.497. The van der Waals surface area contributed by atoms with Gasteiger partial charge in [0.25, 0.3) is 0 Å². The highest BCUT2D eigenvalue weighted by Crippen LogP contribution is 2.04. The van der Waals surface area contributed by atoms with Gasteiger partial charge in [-0.25, -0.2) is 0 Å².